The van der Waals surface area contributed by atoms with Gasteiger partial charge in [0.15, 0.2) is 5.13 Å². The van der Waals surface area contributed by atoms with Crippen molar-refractivity contribution in [3.05, 3.63) is 17.7 Å². The highest BCUT2D eigenvalue weighted by molar-refractivity contribution is 7.22. The van der Waals surface area contributed by atoms with Crippen LogP contribution >= 0.6 is 11.3 Å². The summed E-state index contributed by atoms with van der Waals surface area (Å²) >= 11 is 1.49. The van der Waals surface area contributed by atoms with E-state index in [0.29, 0.717) is 5.13 Å². The van der Waals surface area contributed by atoms with Gasteiger partial charge in [-0.05, 0) is 19.1 Å². The van der Waals surface area contributed by atoms with E-state index >= 15 is 0 Å². The molecule has 0 bridgehead atoms. The Morgan fingerprint density at radius 2 is 2.23 bits per heavy atom. The number of benzene rings is 1. The van der Waals surface area contributed by atoms with E-state index in [2.05, 4.69) is 4.98 Å². The number of nitrogen functional groups attached to an aromatic ring is 1. The second-order valence-corrected chi connectivity index (χ2v) is 3.82. The van der Waals surface area contributed by atoms with Gasteiger partial charge in [-0.1, -0.05) is 11.3 Å². The van der Waals surface area contributed by atoms with Gasteiger partial charge in [0.2, 0.25) is 0 Å². The highest BCUT2D eigenvalue weighted by Gasteiger charge is 2.07. The monoisotopic (exact) mass is 194 g/mol. The van der Waals surface area contributed by atoms with Gasteiger partial charge in [-0.2, -0.15) is 0 Å². The summed E-state index contributed by atoms with van der Waals surface area (Å²) in [7, 11) is 1.67. The maximum absolute atomic E-state index is 5.62. The Morgan fingerprint density at radius 1 is 1.46 bits per heavy atom. The summed E-state index contributed by atoms with van der Waals surface area (Å²) in [5.41, 5.74) is 7.67. The Balaban J connectivity index is 2.78. The van der Waals surface area contributed by atoms with E-state index in [0.717, 1.165) is 21.5 Å². The van der Waals surface area contributed by atoms with Crippen molar-refractivity contribution in [3.63, 3.8) is 0 Å². The molecular weight excluding hydrogens is 184 g/mol. The summed E-state index contributed by atoms with van der Waals surface area (Å²) in [6, 6.07) is 3.84. The quantitative estimate of drug-likeness (QED) is 0.757. The molecular formula is C9H10N2OS. The molecule has 3 nitrogen and oxygen atoms in total. The maximum Gasteiger partial charge on any atom is 0.181 e. The summed E-state index contributed by atoms with van der Waals surface area (Å²) in [5.74, 6) is 0.885. The smallest absolute Gasteiger partial charge is 0.181 e. The second-order valence-electron chi connectivity index (χ2n) is 2.79. The predicted octanol–water partition coefficient (Wildman–Crippen LogP) is 2.20. The zero-order valence-electron chi connectivity index (χ0n) is 7.50. The minimum atomic E-state index is 0.603. The van der Waals surface area contributed by atoms with E-state index in [4.69, 9.17) is 10.5 Å². The molecule has 0 saturated carbocycles. The molecule has 0 fully saturated rings. The summed E-state index contributed by atoms with van der Waals surface area (Å²) in [5, 5.41) is 0.603. The van der Waals surface area contributed by atoms with Crippen LogP contribution in [0.3, 0.4) is 0 Å². The van der Waals surface area contributed by atoms with E-state index in [1.807, 2.05) is 19.1 Å². The topological polar surface area (TPSA) is 48.1 Å². The molecule has 0 saturated heterocycles. The first-order valence-electron chi connectivity index (χ1n) is 3.92. The van der Waals surface area contributed by atoms with Crippen LogP contribution in [0, 0.1) is 6.92 Å². The van der Waals surface area contributed by atoms with Crippen molar-refractivity contribution >= 4 is 26.7 Å². The highest BCUT2D eigenvalue weighted by Crippen LogP contribution is 2.32. The molecule has 4 heteroatoms. The van der Waals surface area contributed by atoms with Crippen molar-refractivity contribution in [2.75, 3.05) is 12.8 Å². The molecule has 68 valence electrons. The zero-order chi connectivity index (χ0) is 9.42. The number of rotatable bonds is 1. The Kier molecular flexibility index (Phi) is 1.84. The van der Waals surface area contributed by atoms with Gasteiger partial charge in [0.25, 0.3) is 0 Å². The van der Waals surface area contributed by atoms with Crippen LogP contribution in [0.15, 0.2) is 12.1 Å². The number of anilines is 1. The Morgan fingerprint density at radius 3 is 2.92 bits per heavy atom. The molecule has 0 spiro atoms. The van der Waals surface area contributed by atoms with Crippen molar-refractivity contribution in [2.24, 2.45) is 0 Å². The highest BCUT2D eigenvalue weighted by atomic mass is 32.1. The molecule has 0 radical (unpaired) electrons. The lowest BCUT2D eigenvalue weighted by atomic mass is 10.2. The van der Waals surface area contributed by atoms with E-state index in [-0.39, 0.29) is 0 Å². The van der Waals surface area contributed by atoms with Gasteiger partial charge in [0, 0.05) is 5.56 Å². The fourth-order valence-corrected chi connectivity index (χ4v) is 2.17. The van der Waals surface area contributed by atoms with Crippen LogP contribution in [0.1, 0.15) is 5.56 Å². The molecule has 1 heterocycles. The van der Waals surface area contributed by atoms with E-state index < -0.39 is 0 Å². The van der Waals surface area contributed by atoms with Gasteiger partial charge >= 0.3 is 0 Å². The number of hydrogen-bond acceptors (Lipinski definition) is 4. The number of aromatic nitrogens is 1. The minimum absolute atomic E-state index is 0.603. The molecule has 0 amide bonds. The summed E-state index contributed by atoms with van der Waals surface area (Å²) in [6.45, 7) is 2.01. The first-order valence-corrected chi connectivity index (χ1v) is 4.73. The average molecular weight is 194 g/mol. The van der Waals surface area contributed by atoms with Crippen molar-refractivity contribution in [2.45, 2.75) is 6.92 Å². The SMILES string of the molecule is COc1ccc2nc(N)sc2c1C. The molecule has 2 N–H and O–H groups in total. The van der Waals surface area contributed by atoms with Crippen LogP contribution in [-0.2, 0) is 0 Å². The van der Waals surface area contributed by atoms with Gasteiger partial charge < -0.3 is 10.5 Å². The second kappa shape index (κ2) is 2.88. The van der Waals surface area contributed by atoms with Crippen molar-refractivity contribution in [1.82, 2.24) is 4.98 Å². The zero-order valence-corrected chi connectivity index (χ0v) is 8.31. The third-order valence-corrected chi connectivity index (χ3v) is 3.01. The maximum atomic E-state index is 5.62. The molecule has 0 atom stereocenters. The number of hydrogen-bond donors (Lipinski definition) is 1. The lowest BCUT2D eigenvalue weighted by Gasteiger charge is -2.03. The molecule has 13 heavy (non-hydrogen) atoms. The number of ether oxygens (including phenoxy) is 1. The number of nitrogens with zero attached hydrogens (tertiary/aromatic N) is 1. The normalized spacial score (nSPS) is 10.6. The first-order chi connectivity index (χ1) is 6.22. The van der Waals surface area contributed by atoms with Gasteiger partial charge in [-0.15, -0.1) is 0 Å². The van der Waals surface area contributed by atoms with Gasteiger partial charge in [0.05, 0.1) is 17.3 Å². The lowest BCUT2D eigenvalue weighted by molar-refractivity contribution is 0.412. The molecule has 2 aromatic rings. The van der Waals surface area contributed by atoms with Crippen LogP contribution in [0.4, 0.5) is 5.13 Å². The molecule has 0 aliphatic heterocycles. The van der Waals surface area contributed by atoms with Crippen molar-refractivity contribution in [3.8, 4) is 5.75 Å². The number of fused-ring (bicyclic) bond motifs is 1. The van der Waals surface area contributed by atoms with E-state index in [1.54, 1.807) is 7.11 Å². The molecule has 0 aliphatic carbocycles. The van der Waals surface area contributed by atoms with Crippen molar-refractivity contribution in [1.29, 1.82) is 0 Å². The molecule has 1 aromatic heterocycles. The molecule has 2 rings (SSSR count). The van der Waals surface area contributed by atoms with Gasteiger partial charge in [0.1, 0.15) is 5.75 Å². The van der Waals surface area contributed by atoms with Crippen molar-refractivity contribution < 1.29 is 4.74 Å². The minimum Gasteiger partial charge on any atom is -0.496 e. The van der Waals surface area contributed by atoms with Crippen LogP contribution in [0.5, 0.6) is 5.75 Å². The van der Waals surface area contributed by atoms with E-state index in [1.165, 1.54) is 11.3 Å². The molecule has 0 unspecified atom stereocenters. The van der Waals surface area contributed by atoms with Crippen LogP contribution in [-0.4, -0.2) is 12.1 Å². The summed E-state index contributed by atoms with van der Waals surface area (Å²) < 4.78 is 6.31. The van der Waals surface area contributed by atoms with Crippen LogP contribution < -0.4 is 10.5 Å². The Bertz CT molecular complexity index is 450. The molecule has 1 aromatic carbocycles. The van der Waals surface area contributed by atoms with Gasteiger partial charge in [-0.3, -0.25) is 0 Å². The van der Waals surface area contributed by atoms with Crippen LogP contribution in [0.2, 0.25) is 0 Å². The number of nitrogens with two attached hydrogens (primary N) is 1. The Labute approximate surface area is 80.2 Å². The average Bonchev–Trinajstić information content (AvgIpc) is 2.47. The number of methoxy groups -OCH3 is 1. The fourth-order valence-electron chi connectivity index (χ4n) is 1.34. The Hall–Kier alpha value is -1.29. The molecule has 0 aliphatic rings. The van der Waals surface area contributed by atoms with Crippen LogP contribution in [0.25, 0.3) is 10.2 Å². The summed E-state index contributed by atoms with van der Waals surface area (Å²) in [6.07, 6.45) is 0. The largest absolute Gasteiger partial charge is 0.496 e. The first kappa shape index (κ1) is 8.31. The number of thiazole rings is 1. The van der Waals surface area contributed by atoms with E-state index in [9.17, 15) is 0 Å². The van der Waals surface area contributed by atoms with Gasteiger partial charge in [-0.25, -0.2) is 4.98 Å². The lowest BCUT2D eigenvalue weighted by Crippen LogP contribution is -1.86. The standard InChI is InChI=1S/C9H10N2OS/c1-5-7(12-2)4-3-6-8(5)13-9(10)11-6/h3-4H,1-2H3,(H2,10,11). The summed E-state index contributed by atoms with van der Waals surface area (Å²) in [4.78, 5) is 4.19. The number of aryl methyl sites for hydroxylation is 1. The third kappa shape index (κ3) is 1.23. The third-order valence-electron chi connectivity index (χ3n) is 1.99. The predicted molar refractivity (Wildman–Crippen MR) is 55.3 cm³/mol. The fraction of sp³-hybridized carbons (Fsp3) is 0.222.